The molecule has 0 N–H and O–H groups in total. The van der Waals surface area contributed by atoms with Crippen LogP contribution in [0.2, 0.25) is 0 Å². The van der Waals surface area contributed by atoms with E-state index in [9.17, 15) is 0 Å². The third kappa shape index (κ3) is 5.15. The fourth-order valence-electron chi connectivity index (χ4n) is 1.39. The van der Waals surface area contributed by atoms with Gasteiger partial charge in [0, 0.05) is 37.2 Å². The Hall–Kier alpha value is 0.610. The van der Waals surface area contributed by atoms with Crippen molar-refractivity contribution >= 4 is 22.6 Å². The van der Waals surface area contributed by atoms with E-state index in [0.29, 0.717) is 0 Å². The van der Waals surface area contributed by atoms with Gasteiger partial charge < -0.3 is 9.64 Å². The van der Waals surface area contributed by atoms with Gasteiger partial charge in [0.1, 0.15) is 0 Å². The van der Waals surface area contributed by atoms with E-state index >= 15 is 0 Å². The summed E-state index contributed by atoms with van der Waals surface area (Å²) in [7, 11) is 2.19. The highest BCUT2D eigenvalue weighted by molar-refractivity contribution is 14.1. The Bertz CT molecular complexity index is 129. The molecule has 78 valence electrons. The first-order valence-electron chi connectivity index (χ1n) is 4.87. The molecular formula is C9H19IN2O. The molecule has 0 aromatic heterocycles. The van der Waals surface area contributed by atoms with Crippen LogP contribution in [0.1, 0.15) is 0 Å². The highest BCUT2D eigenvalue weighted by Gasteiger charge is 2.10. The van der Waals surface area contributed by atoms with Crippen molar-refractivity contribution in [3.05, 3.63) is 0 Å². The normalized spacial score (nSPS) is 19.6. The van der Waals surface area contributed by atoms with Gasteiger partial charge in [-0.2, -0.15) is 0 Å². The standard InChI is InChI=1S/C9H19IN2O/c1-11(3-2-10)4-5-12-6-8-13-9-7-12/h2-9H2,1H3. The Balaban J connectivity index is 2.03. The summed E-state index contributed by atoms with van der Waals surface area (Å²) in [6.07, 6.45) is 0. The zero-order chi connectivity index (χ0) is 9.52. The number of alkyl halides is 1. The van der Waals surface area contributed by atoms with Gasteiger partial charge in [0.2, 0.25) is 0 Å². The van der Waals surface area contributed by atoms with Gasteiger partial charge in [-0.1, -0.05) is 22.6 Å². The number of hydrogen-bond donors (Lipinski definition) is 0. The summed E-state index contributed by atoms with van der Waals surface area (Å²) in [6, 6.07) is 0. The molecule has 0 aromatic rings. The van der Waals surface area contributed by atoms with Crippen LogP contribution in [0.5, 0.6) is 0 Å². The van der Waals surface area contributed by atoms with Gasteiger partial charge in [-0.25, -0.2) is 0 Å². The van der Waals surface area contributed by atoms with Crippen molar-refractivity contribution in [2.75, 3.05) is 57.4 Å². The second-order valence-corrected chi connectivity index (χ2v) is 4.53. The van der Waals surface area contributed by atoms with Crippen LogP contribution in [0.4, 0.5) is 0 Å². The molecule has 0 bridgehead atoms. The van der Waals surface area contributed by atoms with Crippen LogP contribution in [0.3, 0.4) is 0 Å². The zero-order valence-corrected chi connectivity index (χ0v) is 10.5. The maximum absolute atomic E-state index is 5.30. The number of likely N-dealkylation sites (N-methyl/N-ethyl adjacent to an activating group) is 1. The molecule has 3 nitrogen and oxygen atoms in total. The molecule has 1 aliphatic heterocycles. The van der Waals surface area contributed by atoms with E-state index < -0.39 is 0 Å². The summed E-state index contributed by atoms with van der Waals surface area (Å²) in [5.41, 5.74) is 0. The Morgan fingerprint density at radius 2 is 2.00 bits per heavy atom. The van der Waals surface area contributed by atoms with Gasteiger partial charge in [0.05, 0.1) is 13.2 Å². The number of ether oxygens (including phenoxy) is 1. The van der Waals surface area contributed by atoms with Gasteiger partial charge in [-0.3, -0.25) is 4.90 Å². The molecule has 0 spiro atoms. The molecule has 0 aliphatic carbocycles. The van der Waals surface area contributed by atoms with Crippen LogP contribution in [-0.4, -0.2) is 67.2 Å². The second-order valence-electron chi connectivity index (χ2n) is 3.45. The predicted octanol–water partition coefficient (Wildman–Crippen LogP) is 0.685. The summed E-state index contributed by atoms with van der Waals surface area (Å²) < 4.78 is 6.52. The molecular weight excluding hydrogens is 279 g/mol. The first kappa shape index (κ1) is 11.7. The third-order valence-corrected chi connectivity index (χ3v) is 2.85. The van der Waals surface area contributed by atoms with E-state index in [4.69, 9.17) is 4.74 Å². The molecule has 0 amide bonds. The van der Waals surface area contributed by atoms with Crippen molar-refractivity contribution in [3.8, 4) is 0 Å². The van der Waals surface area contributed by atoms with Crippen molar-refractivity contribution in [3.63, 3.8) is 0 Å². The molecule has 1 saturated heterocycles. The first-order valence-corrected chi connectivity index (χ1v) is 6.40. The van der Waals surface area contributed by atoms with E-state index in [1.54, 1.807) is 0 Å². The third-order valence-electron chi connectivity index (χ3n) is 2.37. The van der Waals surface area contributed by atoms with Gasteiger partial charge in [-0.15, -0.1) is 0 Å². The molecule has 13 heavy (non-hydrogen) atoms. The predicted molar refractivity (Wildman–Crippen MR) is 63.6 cm³/mol. The largest absolute Gasteiger partial charge is 0.379 e. The number of hydrogen-bond acceptors (Lipinski definition) is 3. The Labute approximate surface area is 94.5 Å². The van der Waals surface area contributed by atoms with Crippen molar-refractivity contribution in [2.24, 2.45) is 0 Å². The minimum absolute atomic E-state index is 0.913. The lowest BCUT2D eigenvalue weighted by molar-refractivity contribution is 0.0347. The highest BCUT2D eigenvalue weighted by Crippen LogP contribution is 1.97. The van der Waals surface area contributed by atoms with E-state index in [1.807, 2.05) is 0 Å². The topological polar surface area (TPSA) is 15.7 Å². The zero-order valence-electron chi connectivity index (χ0n) is 8.34. The number of rotatable bonds is 5. The minimum atomic E-state index is 0.913. The number of nitrogens with zero attached hydrogens (tertiary/aromatic N) is 2. The monoisotopic (exact) mass is 298 g/mol. The summed E-state index contributed by atoms with van der Waals surface area (Å²) in [5, 5.41) is 0. The summed E-state index contributed by atoms with van der Waals surface area (Å²) in [4.78, 5) is 4.87. The maximum Gasteiger partial charge on any atom is 0.0594 e. The van der Waals surface area contributed by atoms with Crippen LogP contribution >= 0.6 is 22.6 Å². The van der Waals surface area contributed by atoms with Crippen LogP contribution in [0, 0.1) is 0 Å². The lowest BCUT2D eigenvalue weighted by atomic mass is 10.4. The fraction of sp³-hybridized carbons (Fsp3) is 1.00. The van der Waals surface area contributed by atoms with Gasteiger partial charge in [0.25, 0.3) is 0 Å². The van der Waals surface area contributed by atoms with Crippen LogP contribution < -0.4 is 0 Å². The average Bonchev–Trinajstić information content (AvgIpc) is 2.17. The quantitative estimate of drug-likeness (QED) is 0.548. The van der Waals surface area contributed by atoms with Crippen LogP contribution in [-0.2, 0) is 4.74 Å². The molecule has 1 heterocycles. The molecule has 0 radical (unpaired) electrons. The number of morpholine rings is 1. The smallest absolute Gasteiger partial charge is 0.0594 e. The summed E-state index contributed by atoms with van der Waals surface area (Å²) >= 11 is 2.42. The second kappa shape index (κ2) is 6.98. The summed E-state index contributed by atoms with van der Waals surface area (Å²) in [6.45, 7) is 7.62. The van der Waals surface area contributed by atoms with Gasteiger partial charge in [-0.05, 0) is 7.05 Å². The molecule has 0 aromatic carbocycles. The van der Waals surface area contributed by atoms with E-state index in [1.165, 1.54) is 24.1 Å². The molecule has 0 unspecified atom stereocenters. The molecule has 0 saturated carbocycles. The van der Waals surface area contributed by atoms with Crippen LogP contribution in [0.25, 0.3) is 0 Å². The minimum Gasteiger partial charge on any atom is -0.379 e. The Morgan fingerprint density at radius 3 is 2.62 bits per heavy atom. The van der Waals surface area contributed by atoms with Crippen molar-refractivity contribution < 1.29 is 4.74 Å². The van der Waals surface area contributed by atoms with Gasteiger partial charge >= 0.3 is 0 Å². The fourth-order valence-corrected chi connectivity index (χ4v) is 2.22. The van der Waals surface area contributed by atoms with Crippen molar-refractivity contribution in [2.45, 2.75) is 0 Å². The molecule has 4 heteroatoms. The Kier molecular flexibility index (Phi) is 6.27. The van der Waals surface area contributed by atoms with Gasteiger partial charge in [0.15, 0.2) is 0 Å². The maximum atomic E-state index is 5.30. The lowest BCUT2D eigenvalue weighted by Gasteiger charge is -2.28. The molecule has 1 aliphatic rings. The van der Waals surface area contributed by atoms with E-state index in [2.05, 4.69) is 39.4 Å². The molecule has 1 rings (SSSR count). The highest BCUT2D eigenvalue weighted by atomic mass is 127. The van der Waals surface area contributed by atoms with Crippen molar-refractivity contribution in [1.29, 1.82) is 0 Å². The number of halogens is 1. The van der Waals surface area contributed by atoms with E-state index in [0.717, 1.165) is 26.3 Å². The van der Waals surface area contributed by atoms with E-state index in [-0.39, 0.29) is 0 Å². The first-order chi connectivity index (χ1) is 6.33. The molecule has 0 atom stereocenters. The summed E-state index contributed by atoms with van der Waals surface area (Å²) in [5.74, 6) is 0. The van der Waals surface area contributed by atoms with Crippen LogP contribution in [0.15, 0.2) is 0 Å². The van der Waals surface area contributed by atoms with Crippen molar-refractivity contribution in [1.82, 2.24) is 9.80 Å². The average molecular weight is 298 g/mol. The SMILES string of the molecule is CN(CCI)CCN1CCOCC1. The molecule has 1 fully saturated rings. The Morgan fingerprint density at radius 1 is 1.31 bits per heavy atom. The lowest BCUT2D eigenvalue weighted by Crippen LogP contribution is -2.40.